The molecule has 2 aromatic rings. The molecule has 0 radical (unpaired) electrons. The Morgan fingerprint density at radius 3 is 1.64 bits per heavy atom. The second-order valence-electron chi connectivity index (χ2n) is 10.3. The molecule has 1 fully saturated rings. The van der Waals surface area contributed by atoms with E-state index in [0.717, 1.165) is 24.0 Å². The van der Waals surface area contributed by atoms with E-state index < -0.39 is 17.5 Å². The van der Waals surface area contributed by atoms with Crippen LogP contribution in [0.15, 0.2) is 72.8 Å². The van der Waals surface area contributed by atoms with Crippen LogP contribution in [-0.2, 0) is 32.3 Å². The number of hydrogen-bond donors (Lipinski definition) is 1. The van der Waals surface area contributed by atoms with Crippen molar-refractivity contribution in [2.45, 2.75) is 59.3 Å². The Kier molecular flexibility index (Phi) is 7.43. The summed E-state index contributed by atoms with van der Waals surface area (Å²) in [6.07, 6.45) is 5.53. The molecule has 0 saturated heterocycles. The van der Waals surface area contributed by atoms with Gasteiger partial charge in [0.1, 0.15) is 13.2 Å². The molecular formula is C28H35NO4. The molecule has 176 valence electrons. The third kappa shape index (κ3) is 5.91. The van der Waals surface area contributed by atoms with Crippen LogP contribution < -0.4 is 5.73 Å². The van der Waals surface area contributed by atoms with Crippen LogP contribution in [0.4, 0.5) is 0 Å². The van der Waals surface area contributed by atoms with Crippen molar-refractivity contribution in [2.24, 2.45) is 22.5 Å². The standard InChI is InChI=1S/C28H35NO4/c1-26(2)17-18-27(3,4)23(26)15-16-28(29,24(30)32-19-21-11-7-5-8-12-21)25(31)33-20-22-13-9-6-10-14-22/h5-16,23H,17-20,29H2,1-4H3. The van der Waals surface area contributed by atoms with Crippen molar-refractivity contribution in [3.63, 3.8) is 0 Å². The van der Waals surface area contributed by atoms with Crippen LogP contribution in [0.3, 0.4) is 0 Å². The summed E-state index contributed by atoms with van der Waals surface area (Å²) in [6, 6.07) is 18.6. The molecule has 1 aliphatic carbocycles. The van der Waals surface area contributed by atoms with E-state index in [1.54, 1.807) is 0 Å². The zero-order valence-electron chi connectivity index (χ0n) is 20.0. The van der Waals surface area contributed by atoms with Gasteiger partial charge in [-0.2, -0.15) is 0 Å². The lowest BCUT2D eigenvalue weighted by Crippen LogP contribution is -2.55. The van der Waals surface area contributed by atoms with E-state index in [2.05, 4.69) is 27.7 Å². The van der Waals surface area contributed by atoms with E-state index in [1.165, 1.54) is 6.08 Å². The summed E-state index contributed by atoms with van der Waals surface area (Å²) in [7, 11) is 0. The van der Waals surface area contributed by atoms with Crippen LogP contribution >= 0.6 is 0 Å². The number of rotatable bonds is 8. The van der Waals surface area contributed by atoms with Gasteiger partial charge in [0.2, 0.25) is 5.54 Å². The number of carbonyl (C=O) groups is 2. The highest BCUT2D eigenvalue weighted by Gasteiger charge is 2.48. The zero-order chi connectivity index (χ0) is 24.1. The lowest BCUT2D eigenvalue weighted by molar-refractivity contribution is -0.163. The highest BCUT2D eigenvalue weighted by molar-refractivity contribution is 6.07. The average Bonchev–Trinajstić information content (AvgIpc) is 3.02. The molecule has 0 spiro atoms. The fraction of sp³-hybridized carbons (Fsp3) is 0.429. The normalized spacial score (nSPS) is 17.7. The minimum Gasteiger partial charge on any atom is -0.459 e. The first-order valence-corrected chi connectivity index (χ1v) is 11.5. The van der Waals surface area contributed by atoms with E-state index in [1.807, 2.05) is 66.7 Å². The van der Waals surface area contributed by atoms with Crippen molar-refractivity contribution in [1.82, 2.24) is 0 Å². The minimum absolute atomic E-state index is 0.0266. The van der Waals surface area contributed by atoms with Gasteiger partial charge in [0.25, 0.3) is 0 Å². The van der Waals surface area contributed by atoms with Gasteiger partial charge in [-0.25, -0.2) is 9.59 Å². The van der Waals surface area contributed by atoms with Crippen LogP contribution in [0.25, 0.3) is 0 Å². The van der Waals surface area contributed by atoms with Gasteiger partial charge < -0.3 is 15.2 Å². The Hall–Kier alpha value is -2.92. The molecule has 0 heterocycles. The van der Waals surface area contributed by atoms with E-state index in [4.69, 9.17) is 15.2 Å². The third-order valence-electron chi connectivity index (χ3n) is 6.75. The van der Waals surface area contributed by atoms with Crippen LogP contribution in [0, 0.1) is 16.7 Å². The molecule has 0 amide bonds. The van der Waals surface area contributed by atoms with Gasteiger partial charge in [0, 0.05) is 0 Å². The molecule has 33 heavy (non-hydrogen) atoms. The van der Waals surface area contributed by atoms with E-state index in [-0.39, 0.29) is 30.0 Å². The third-order valence-corrected chi connectivity index (χ3v) is 6.75. The van der Waals surface area contributed by atoms with Gasteiger partial charge in [-0.3, -0.25) is 0 Å². The maximum atomic E-state index is 13.1. The molecule has 0 aliphatic heterocycles. The number of carbonyl (C=O) groups excluding carboxylic acids is 2. The van der Waals surface area contributed by atoms with E-state index in [0.29, 0.717) is 0 Å². The van der Waals surface area contributed by atoms with Crippen LogP contribution in [0.2, 0.25) is 0 Å². The monoisotopic (exact) mass is 449 g/mol. The predicted molar refractivity (Wildman–Crippen MR) is 129 cm³/mol. The van der Waals surface area contributed by atoms with Gasteiger partial charge >= 0.3 is 11.9 Å². The number of ether oxygens (including phenoxy) is 2. The quantitative estimate of drug-likeness (QED) is 0.341. The summed E-state index contributed by atoms with van der Waals surface area (Å²) in [5.74, 6) is -1.50. The summed E-state index contributed by atoms with van der Waals surface area (Å²) < 4.78 is 10.9. The van der Waals surface area contributed by atoms with Crippen molar-refractivity contribution >= 4 is 11.9 Å². The smallest absolute Gasteiger partial charge is 0.342 e. The summed E-state index contributed by atoms with van der Waals surface area (Å²) in [5.41, 5.74) is 6.09. The molecule has 0 unspecified atom stereocenters. The summed E-state index contributed by atoms with van der Waals surface area (Å²) in [6.45, 7) is 8.87. The molecule has 0 atom stereocenters. The van der Waals surface area contributed by atoms with E-state index in [9.17, 15) is 9.59 Å². The maximum Gasteiger partial charge on any atom is 0.342 e. The molecule has 1 aliphatic rings. The van der Waals surface area contributed by atoms with Gasteiger partial charge in [0.15, 0.2) is 0 Å². The Labute approximate surface area is 197 Å². The minimum atomic E-state index is -2.03. The zero-order valence-corrected chi connectivity index (χ0v) is 20.0. The van der Waals surface area contributed by atoms with Crippen LogP contribution in [-0.4, -0.2) is 17.5 Å². The van der Waals surface area contributed by atoms with Gasteiger partial charge in [-0.1, -0.05) is 94.4 Å². The van der Waals surface area contributed by atoms with Crippen molar-refractivity contribution < 1.29 is 19.1 Å². The highest BCUT2D eigenvalue weighted by atomic mass is 16.6. The Balaban J connectivity index is 1.82. The van der Waals surface area contributed by atoms with Crippen LogP contribution in [0.5, 0.6) is 0 Å². The molecule has 5 heteroatoms. The first-order valence-electron chi connectivity index (χ1n) is 11.5. The number of nitrogens with two attached hydrogens (primary N) is 1. The van der Waals surface area contributed by atoms with Gasteiger partial charge in [-0.05, 0) is 46.8 Å². The SMILES string of the molecule is CC1(C)CCC(C)(C)C1C=CC(N)(C(=O)OCc1ccccc1)C(=O)OCc1ccccc1. The Morgan fingerprint density at radius 1 is 0.848 bits per heavy atom. The number of allylic oxidation sites excluding steroid dienone is 1. The first-order chi connectivity index (χ1) is 15.5. The predicted octanol–water partition coefficient (Wildman–Crippen LogP) is 5.19. The number of esters is 2. The maximum absolute atomic E-state index is 13.1. The van der Waals surface area contributed by atoms with Gasteiger partial charge in [0.05, 0.1) is 0 Å². The molecule has 5 nitrogen and oxygen atoms in total. The lowest BCUT2D eigenvalue weighted by atomic mass is 9.72. The fourth-order valence-electron chi connectivity index (χ4n) is 4.69. The summed E-state index contributed by atoms with van der Waals surface area (Å²) in [5, 5.41) is 0. The largest absolute Gasteiger partial charge is 0.459 e. The van der Waals surface area contributed by atoms with Crippen molar-refractivity contribution in [3.05, 3.63) is 83.9 Å². The van der Waals surface area contributed by atoms with Crippen LogP contribution in [0.1, 0.15) is 51.7 Å². The van der Waals surface area contributed by atoms with E-state index >= 15 is 0 Å². The molecule has 1 saturated carbocycles. The van der Waals surface area contributed by atoms with Gasteiger partial charge in [-0.15, -0.1) is 0 Å². The Morgan fingerprint density at radius 2 is 1.24 bits per heavy atom. The van der Waals surface area contributed by atoms with Crippen molar-refractivity contribution in [3.8, 4) is 0 Å². The highest BCUT2D eigenvalue weighted by Crippen LogP contribution is 2.54. The lowest BCUT2D eigenvalue weighted by Gasteiger charge is -2.34. The second kappa shape index (κ2) is 9.92. The number of benzene rings is 2. The molecule has 0 bridgehead atoms. The molecule has 0 aromatic heterocycles. The topological polar surface area (TPSA) is 78.6 Å². The van der Waals surface area contributed by atoms with Crippen molar-refractivity contribution in [2.75, 3.05) is 0 Å². The first kappa shape index (κ1) is 24.7. The fourth-order valence-corrected chi connectivity index (χ4v) is 4.69. The Bertz CT molecular complexity index is 908. The number of hydrogen-bond acceptors (Lipinski definition) is 5. The second-order valence-corrected chi connectivity index (χ2v) is 10.3. The molecule has 2 N–H and O–H groups in total. The summed E-state index contributed by atoms with van der Waals surface area (Å²) >= 11 is 0. The molecule has 2 aromatic carbocycles. The molecular weight excluding hydrogens is 414 g/mol. The molecule has 3 rings (SSSR count). The average molecular weight is 450 g/mol. The summed E-state index contributed by atoms with van der Waals surface area (Å²) in [4.78, 5) is 26.2. The van der Waals surface area contributed by atoms with Crippen molar-refractivity contribution in [1.29, 1.82) is 0 Å².